The second-order valence-corrected chi connectivity index (χ2v) is 5.30. The molecule has 0 saturated heterocycles. The molecule has 0 radical (unpaired) electrons. The van der Waals surface area contributed by atoms with Gasteiger partial charge >= 0.3 is 12.2 Å². The average molecular weight is 360 g/mol. The third kappa shape index (κ3) is 4.14. The van der Waals surface area contributed by atoms with E-state index in [1.165, 1.54) is 0 Å². The molecule has 1 aromatic carbocycles. The van der Waals surface area contributed by atoms with E-state index < -0.39 is 35.4 Å². The number of alkyl halides is 3. The second-order valence-electron chi connectivity index (χ2n) is 4.86. The molecule has 0 aliphatic heterocycles. The van der Waals surface area contributed by atoms with Crippen LogP contribution in [0.25, 0.3) is 0 Å². The van der Waals surface area contributed by atoms with Crippen molar-refractivity contribution >= 4 is 17.5 Å². The van der Waals surface area contributed by atoms with Crippen LogP contribution < -0.4 is 10.1 Å². The highest BCUT2D eigenvalue weighted by molar-refractivity contribution is 6.30. The maximum Gasteiger partial charge on any atom is 0.434 e. The van der Waals surface area contributed by atoms with Crippen LogP contribution >= 0.6 is 11.6 Å². The lowest BCUT2D eigenvalue weighted by molar-refractivity contribution is -0.141. The van der Waals surface area contributed by atoms with Crippen molar-refractivity contribution in [1.29, 1.82) is 0 Å². The van der Waals surface area contributed by atoms with Gasteiger partial charge in [0.25, 0.3) is 5.91 Å². The van der Waals surface area contributed by atoms with Crippen LogP contribution in [-0.4, -0.2) is 23.0 Å². The van der Waals surface area contributed by atoms with E-state index in [-0.39, 0.29) is 0 Å². The van der Waals surface area contributed by atoms with Gasteiger partial charge in [-0.2, -0.15) is 18.2 Å². The Kier molecular flexibility index (Phi) is 5.28. The molecule has 1 aromatic heterocycles. The van der Waals surface area contributed by atoms with Crippen molar-refractivity contribution in [2.24, 2.45) is 0 Å². The van der Waals surface area contributed by atoms with E-state index in [2.05, 4.69) is 20.0 Å². The van der Waals surface area contributed by atoms with Gasteiger partial charge in [-0.05, 0) is 24.6 Å². The van der Waals surface area contributed by atoms with E-state index in [1.807, 2.05) is 0 Å². The first-order valence-corrected chi connectivity index (χ1v) is 7.14. The highest BCUT2D eigenvalue weighted by atomic mass is 35.5. The molecule has 2 aromatic rings. The summed E-state index contributed by atoms with van der Waals surface area (Å²) in [5.41, 5.74) is -1.34. The molecular weight excluding hydrogens is 347 g/mol. The summed E-state index contributed by atoms with van der Waals surface area (Å²) in [6.45, 7) is 1.64. The largest absolute Gasteiger partial charge is 0.467 e. The number of aromatic nitrogens is 2. The van der Waals surface area contributed by atoms with E-state index in [0.717, 1.165) is 13.3 Å². The number of amides is 1. The Bertz CT molecular complexity index is 736. The zero-order valence-corrected chi connectivity index (χ0v) is 13.4. The number of carbonyl (C=O) groups excluding carboxylic acids is 1. The van der Waals surface area contributed by atoms with Crippen molar-refractivity contribution in [3.05, 3.63) is 52.3 Å². The van der Waals surface area contributed by atoms with Crippen LogP contribution in [0.2, 0.25) is 5.02 Å². The Morgan fingerprint density at radius 2 is 1.92 bits per heavy atom. The molecule has 1 unspecified atom stereocenters. The SMILES string of the molecule is COc1ncc(C(=O)NC(C)c2ccc(Cl)cc2)c(C(F)(F)F)n1. The van der Waals surface area contributed by atoms with Crippen molar-refractivity contribution in [2.75, 3.05) is 7.11 Å². The summed E-state index contributed by atoms with van der Waals surface area (Å²) in [5, 5.41) is 2.99. The predicted octanol–water partition coefficient (Wildman–Crippen LogP) is 3.65. The average Bonchev–Trinajstić information content (AvgIpc) is 2.53. The summed E-state index contributed by atoms with van der Waals surface area (Å²) in [5.74, 6) is -0.938. The Morgan fingerprint density at radius 3 is 2.46 bits per heavy atom. The number of nitrogens with one attached hydrogen (secondary N) is 1. The summed E-state index contributed by atoms with van der Waals surface area (Å²) in [6.07, 6.45) is -4.02. The van der Waals surface area contributed by atoms with Gasteiger partial charge in [0.05, 0.1) is 18.7 Å². The number of carbonyl (C=O) groups is 1. The van der Waals surface area contributed by atoms with Gasteiger partial charge in [0.15, 0.2) is 5.69 Å². The Balaban J connectivity index is 2.27. The molecule has 1 atom stereocenters. The van der Waals surface area contributed by atoms with Gasteiger partial charge in [0, 0.05) is 11.2 Å². The third-order valence-electron chi connectivity index (χ3n) is 3.18. The fraction of sp³-hybridized carbons (Fsp3) is 0.267. The Labute approximate surface area is 140 Å². The van der Waals surface area contributed by atoms with Crippen LogP contribution in [0.1, 0.15) is 34.6 Å². The lowest BCUT2D eigenvalue weighted by Crippen LogP contribution is -2.29. The molecule has 24 heavy (non-hydrogen) atoms. The minimum atomic E-state index is -4.81. The zero-order chi connectivity index (χ0) is 17.9. The maximum atomic E-state index is 13.1. The molecular formula is C15H13ClF3N3O2. The minimum absolute atomic E-state index is 0.468. The molecule has 0 fully saturated rings. The van der Waals surface area contributed by atoms with Crippen LogP contribution in [-0.2, 0) is 6.18 Å². The molecule has 2 rings (SSSR count). The number of rotatable bonds is 4. The molecule has 0 aliphatic carbocycles. The van der Waals surface area contributed by atoms with Crippen molar-refractivity contribution in [1.82, 2.24) is 15.3 Å². The lowest BCUT2D eigenvalue weighted by atomic mass is 10.1. The lowest BCUT2D eigenvalue weighted by Gasteiger charge is -2.16. The maximum absolute atomic E-state index is 13.1. The number of benzene rings is 1. The summed E-state index contributed by atoms with van der Waals surface area (Å²) in [6, 6.07) is 5.59. The third-order valence-corrected chi connectivity index (χ3v) is 3.43. The van der Waals surface area contributed by atoms with Crippen molar-refractivity contribution in [3.8, 4) is 6.01 Å². The highest BCUT2D eigenvalue weighted by Gasteiger charge is 2.38. The van der Waals surface area contributed by atoms with Crippen LogP contribution in [0.3, 0.4) is 0 Å². The van der Waals surface area contributed by atoms with E-state index in [4.69, 9.17) is 11.6 Å². The molecule has 0 aliphatic rings. The molecule has 0 saturated carbocycles. The van der Waals surface area contributed by atoms with Gasteiger partial charge in [-0.25, -0.2) is 4.98 Å². The van der Waals surface area contributed by atoms with Gasteiger partial charge < -0.3 is 10.1 Å². The topological polar surface area (TPSA) is 64.1 Å². The first-order chi connectivity index (χ1) is 11.2. The smallest absolute Gasteiger partial charge is 0.434 e. The number of nitrogens with zero attached hydrogens (tertiary/aromatic N) is 2. The van der Waals surface area contributed by atoms with E-state index >= 15 is 0 Å². The molecule has 128 valence electrons. The summed E-state index contributed by atoms with van der Waals surface area (Å²) >= 11 is 5.78. The standard InChI is InChI=1S/C15H13ClF3N3O2/c1-8(9-3-5-10(16)6-4-9)21-13(23)11-7-20-14(24-2)22-12(11)15(17,18)19/h3-8H,1-2H3,(H,21,23). The summed E-state index contributed by atoms with van der Waals surface area (Å²) in [7, 11) is 1.14. The van der Waals surface area contributed by atoms with Crippen LogP contribution in [0.5, 0.6) is 6.01 Å². The van der Waals surface area contributed by atoms with E-state index in [0.29, 0.717) is 10.6 Å². The molecule has 9 heteroatoms. The van der Waals surface area contributed by atoms with Gasteiger partial charge in [0.2, 0.25) is 0 Å². The van der Waals surface area contributed by atoms with Gasteiger partial charge in [-0.15, -0.1) is 0 Å². The quantitative estimate of drug-likeness (QED) is 0.905. The Morgan fingerprint density at radius 1 is 1.29 bits per heavy atom. The zero-order valence-electron chi connectivity index (χ0n) is 12.7. The molecule has 1 amide bonds. The van der Waals surface area contributed by atoms with Crippen LogP contribution in [0.15, 0.2) is 30.5 Å². The highest BCUT2D eigenvalue weighted by Crippen LogP contribution is 2.31. The minimum Gasteiger partial charge on any atom is -0.467 e. The molecule has 1 heterocycles. The number of ether oxygens (including phenoxy) is 1. The van der Waals surface area contributed by atoms with Crippen molar-refractivity contribution in [2.45, 2.75) is 19.1 Å². The number of hydrogen-bond acceptors (Lipinski definition) is 4. The molecule has 5 nitrogen and oxygen atoms in total. The van der Waals surface area contributed by atoms with Gasteiger partial charge in [-0.1, -0.05) is 23.7 Å². The molecule has 0 bridgehead atoms. The second kappa shape index (κ2) is 7.04. The summed E-state index contributed by atoms with van der Waals surface area (Å²) < 4.78 is 43.8. The van der Waals surface area contributed by atoms with Gasteiger partial charge in [-0.3, -0.25) is 4.79 Å². The molecule has 0 spiro atoms. The monoisotopic (exact) mass is 359 g/mol. The fourth-order valence-corrected chi connectivity index (χ4v) is 2.08. The Hall–Kier alpha value is -2.35. The van der Waals surface area contributed by atoms with Gasteiger partial charge in [0.1, 0.15) is 0 Å². The van der Waals surface area contributed by atoms with Crippen molar-refractivity contribution < 1.29 is 22.7 Å². The number of halogens is 4. The fourth-order valence-electron chi connectivity index (χ4n) is 1.96. The first kappa shape index (κ1) is 18.0. The summed E-state index contributed by atoms with van der Waals surface area (Å²) in [4.78, 5) is 19.0. The molecule has 1 N–H and O–H groups in total. The van der Waals surface area contributed by atoms with Crippen LogP contribution in [0.4, 0.5) is 13.2 Å². The van der Waals surface area contributed by atoms with E-state index in [1.54, 1.807) is 31.2 Å². The number of hydrogen-bond donors (Lipinski definition) is 1. The van der Waals surface area contributed by atoms with Crippen LogP contribution in [0, 0.1) is 0 Å². The van der Waals surface area contributed by atoms with Crippen molar-refractivity contribution in [3.63, 3.8) is 0 Å². The predicted molar refractivity (Wildman–Crippen MR) is 80.9 cm³/mol. The first-order valence-electron chi connectivity index (χ1n) is 6.77. The number of methoxy groups -OCH3 is 1. The van der Waals surface area contributed by atoms with E-state index in [9.17, 15) is 18.0 Å². The normalized spacial score (nSPS) is 12.6.